The predicted octanol–water partition coefficient (Wildman–Crippen LogP) is 0.230. The highest BCUT2D eigenvalue weighted by atomic mass is 32.2. The van der Waals surface area contributed by atoms with Crippen molar-refractivity contribution in [2.45, 2.75) is 6.10 Å². The van der Waals surface area contributed by atoms with Gasteiger partial charge in [0.1, 0.15) is 18.9 Å². The van der Waals surface area contributed by atoms with Crippen molar-refractivity contribution in [2.24, 2.45) is 0 Å². The number of ether oxygens (including phenoxy) is 1. The van der Waals surface area contributed by atoms with E-state index in [1.165, 1.54) is 0 Å². The Morgan fingerprint density at radius 1 is 1.73 bits per heavy atom. The first kappa shape index (κ1) is 12.7. The number of hydrogen-bond acceptors (Lipinski definition) is 7. The van der Waals surface area contributed by atoms with E-state index < -0.39 is 6.10 Å². The van der Waals surface area contributed by atoms with Crippen molar-refractivity contribution < 1.29 is 9.84 Å². The molecule has 0 radical (unpaired) electrons. The number of aromatic nitrogens is 2. The number of aliphatic hydroxyl groups excluding tert-OH is 1. The van der Waals surface area contributed by atoms with Crippen LogP contribution in [0.4, 0.5) is 0 Å². The highest BCUT2D eigenvalue weighted by Gasteiger charge is 2.05. The second kappa shape index (κ2) is 7.86. The Morgan fingerprint density at radius 2 is 2.60 bits per heavy atom. The molecule has 2 N–H and O–H groups in total. The maximum absolute atomic E-state index is 9.51. The van der Waals surface area contributed by atoms with E-state index in [4.69, 9.17) is 4.74 Å². The van der Waals surface area contributed by atoms with Crippen molar-refractivity contribution in [1.82, 2.24) is 14.1 Å². The number of thioether (sulfide) groups is 1. The smallest absolute Gasteiger partial charge is 0.245 e. The third kappa shape index (κ3) is 5.93. The molecule has 0 amide bonds. The number of nitrogens with one attached hydrogen (secondary N) is 1. The van der Waals surface area contributed by atoms with Gasteiger partial charge in [0.2, 0.25) is 5.88 Å². The van der Waals surface area contributed by atoms with Gasteiger partial charge in [-0.15, -0.1) is 4.37 Å². The highest BCUT2D eigenvalue weighted by Crippen LogP contribution is 2.04. The Hall–Kier alpha value is -0.370. The fourth-order valence-electron chi connectivity index (χ4n) is 0.903. The van der Waals surface area contributed by atoms with Gasteiger partial charge in [0.05, 0.1) is 11.7 Å². The Labute approximate surface area is 97.6 Å². The molecular weight excluding hydrogens is 234 g/mol. The lowest BCUT2D eigenvalue weighted by atomic mass is 10.4. The monoisotopic (exact) mass is 249 g/mol. The quantitative estimate of drug-likeness (QED) is 0.643. The van der Waals surface area contributed by atoms with Crippen molar-refractivity contribution in [3.05, 3.63) is 6.20 Å². The molecule has 0 aliphatic rings. The maximum atomic E-state index is 9.51. The summed E-state index contributed by atoms with van der Waals surface area (Å²) in [5, 5.41) is 12.6. The van der Waals surface area contributed by atoms with Crippen molar-refractivity contribution in [3.8, 4) is 5.88 Å². The van der Waals surface area contributed by atoms with Crippen LogP contribution in [-0.4, -0.2) is 51.7 Å². The SMILES string of the molecule is CSCCNCC(O)COc1cnsn1. The second-order valence-corrected chi connectivity index (χ2v) is 4.45. The van der Waals surface area contributed by atoms with Crippen LogP contribution < -0.4 is 10.1 Å². The predicted molar refractivity (Wildman–Crippen MR) is 62.7 cm³/mol. The number of rotatable bonds is 8. The molecule has 0 saturated carbocycles. The number of aliphatic hydroxyl groups is 1. The minimum Gasteiger partial charge on any atom is -0.473 e. The Morgan fingerprint density at radius 3 is 3.27 bits per heavy atom. The molecule has 7 heteroatoms. The van der Waals surface area contributed by atoms with E-state index >= 15 is 0 Å². The van der Waals surface area contributed by atoms with Crippen molar-refractivity contribution >= 4 is 23.5 Å². The Kier molecular flexibility index (Phi) is 6.66. The van der Waals surface area contributed by atoms with E-state index in [9.17, 15) is 5.11 Å². The molecule has 0 aliphatic carbocycles. The van der Waals surface area contributed by atoms with Gasteiger partial charge in [-0.2, -0.15) is 16.1 Å². The average Bonchev–Trinajstić information content (AvgIpc) is 2.74. The normalized spacial score (nSPS) is 12.7. The van der Waals surface area contributed by atoms with Gasteiger partial charge in [0.15, 0.2) is 0 Å². The van der Waals surface area contributed by atoms with E-state index in [-0.39, 0.29) is 6.61 Å². The number of nitrogens with zero attached hydrogens (tertiary/aromatic N) is 2. The third-order valence-electron chi connectivity index (χ3n) is 1.63. The van der Waals surface area contributed by atoms with Gasteiger partial charge in [-0.05, 0) is 6.26 Å². The summed E-state index contributed by atoms with van der Waals surface area (Å²) in [7, 11) is 0. The summed E-state index contributed by atoms with van der Waals surface area (Å²) in [5.74, 6) is 1.52. The largest absolute Gasteiger partial charge is 0.473 e. The van der Waals surface area contributed by atoms with Crippen LogP contribution in [0.1, 0.15) is 0 Å². The first-order chi connectivity index (χ1) is 7.33. The molecule has 1 aromatic heterocycles. The molecule has 1 atom stereocenters. The third-order valence-corrected chi connectivity index (χ3v) is 2.70. The number of hydrogen-bond donors (Lipinski definition) is 2. The molecule has 5 nitrogen and oxygen atoms in total. The van der Waals surface area contributed by atoms with Crippen LogP contribution in [0, 0.1) is 0 Å². The highest BCUT2D eigenvalue weighted by molar-refractivity contribution is 7.98. The van der Waals surface area contributed by atoms with Gasteiger partial charge in [-0.3, -0.25) is 0 Å². The van der Waals surface area contributed by atoms with E-state index in [1.807, 2.05) is 0 Å². The minimum atomic E-state index is -0.506. The van der Waals surface area contributed by atoms with Crippen LogP contribution in [0.25, 0.3) is 0 Å². The first-order valence-corrected chi connectivity index (χ1v) is 6.73. The van der Waals surface area contributed by atoms with E-state index in [0.29, 0.717) is 12.4 Å². The molecule has 0 fully saturated rings. The van der Waals surface area contributed by atoms with Crippen LogP contribution in [0.5, 0.6) is 5.88 Å². The van der Waals surface area contributed by atoms with Gasteiger partial charge in [-0.1, -0.05) is 0 Å². The molecule has 0 bridgehead atoms. The topological polar surface area (TPSA) is 67.3 Å². The molecule has 86 valence electrons. The van der Waals surface area contributed by atoms with Gasteiger partial charge in [0, 0.05) is 18.8 Å². The van der Waals surface area contributed by atoms with E-state index in [0.717, 1.165) is 24.0 Å². The van der Waals surface area contributed by atoms with E-state index in [2.05, 4.69) is 20.3 Å². The summed E-state index contributed by atoms with van der Waals surface area (Å²) in [6.45, 7) is 1.69. The van der Waals surface area contributed by atoms with Gasteiger partial charge >= 0.3 is 0 Å². The second-order valence-electron chi connectivity index (χ2n) is 2.91. The molecular formula is C8H15N3O2S2. The minimum absolute atomic E-state index is 0.248. The summed E-state index contributed by atoms with van der Waals surface area (Å²) in [6, 6.07) is 0. The van der Waals surface area contributed by atoms with Crippen LogP contribution in [0.15, 0.2) is 6.20 Å². The molecule has 0 saturated heterocycles. The standard InChI is InChI=1S/C8H15N3O2S2/c1-14-3-2-9-4-7(12)6-13-8-5-10-15-11-8/h5,7,9,12H,2-4,6H2,1H3. The van der Waals surface area contributed by atoms with Gasteiger partial charge < -0.3 is 15.2 Å². The van der Waals surface area contributed by atoms with Crippen molar-refractivity contribution in [3.63, 3.8) is 0 Å². The Bertz CT molecular complexity index is 246. The molecule has 0 aliphatic heterocycles. The van der Waals surface area contributed by atoms with Crippen LogP contribution in [0.2, 0.25) is 0 Å². The van der Waals surface area contributed by atoms with Crippen molar-refractivity contribution in [1.29, 1.82) is 0 Å². The Balaban J connectivity index is 2.01. The lowest BCUT2D eigenvalue weighted by Crippen LogP contribution is -2.32. The molecule has 1 rings (SSSR count). The zero-order valence-corrected chi connectivity index (χ0v) is 10.2. The summed E-state index contributed by atoms with van der Waals surface area (Å²) >= 11 is 2.86. The average molecular weight is 249 g/mol. The molecule has 15 heavy (non-hydrogen) atoms. The lowest BCUT2D eigenvalue weighted by molar-refractivity contribution is 0.105. The molecule has 0 aromatic carbocycles. The molecule has 0 spiro atoms. The fraction of sp³-hybridized carbons (Fsp3) is 0.750. The fourth-order valence-corrected chi connectivity index (χ4v) is 1.62. The molecule has 1 heterocycles. The zero-order chi connectivity index (χ0) is 10.9. The van der Waals surface area contributed by atoms with Crippen molar-refractivity contribution in [2.75, 3.05) is 31.7 Å². The van der Waals surface area contributed by atoms with Gasteiger partial charge in [0.25, 0.3) is 0 Å². The van der Waals surface area contributed by atoms with Crippen LogP contribution in [0.3, 0.4) is 0 Å². The van der Waals surface area contributed by atoms with E-state index in [1.54, 1.807) is 18.0 Å². The lowest BCUT2D eigenvalue weighted by Gasteiger charge is -2.11. The van der Waals surface area contributed by atoms with Gasteiger partial charge in [-0.25, -0.2) is 0 Å². The summed E-state index contributed by atoms with van der Waals surface area (Å²) in [4.78, 5) is 0. The first-order valence-electron chi connectivity index (χ1n) is 4.61. The van der Waals surface area contributed by atoms with Crippen LogP contribution in [-0.2, 0) is 0 Å². The zero-order valence-electron chi connectivity index (χ0n) is 8.55. The summed E-state index contributed by atoms with van der Waals surface area (Å²) < 4.78 is 12.9. The summed E-state index contributed by atoms with van der Waals surface area (Å²) in [5.41, 5.74) is 0. The van der Waals surface area contributed by atoms with Crippen LogP contribution >= 0.6 is 23.5 Å². The molecule has 1 aromatic rings. The summed E-state index contributed by atoms with van der Waals surface area (Å²) in [6.07, 6.45) is 3.09. The maximum Gasteiger partial charge on any atom is 0.245 e. The molecule has 1 unspecified atom stereocenters.